The van der Waals surface area contributed by atoms with Gasteiger partial charge in [0.15, 0.2) is 0 Å². The van der Waals surface area contributed by atoms with Gasteiger partial charge in [-0.25, -0.2) is 8.42 Å². The van der Waals surface area contributed by atoms with Crippen LogP contribution in [0, 0.1) is 10.1 Å². The number of benzene rings is 2. The highest BCUT2D eigenvalue weighted by Crippen LogP contribution is 2.19. The third kappa shape index (κ3) is 5.28. The minimum Gasteiger partial charge on any atom is -0.356 e. The first-order valence-electron chi connectivity index (χ1n) is 7.38. The van der Waals surface area contributed by atoms with E-state index >= 15 is 0 Å². The number of hydrogen-bond donors (Lipinski definition) is 2. The Balaban J connectivity index is 2.06. The standard InChI is InChI=1S/C16H17N3O5S/c1-12(20)17-11-10-13-2-8-16(9-3-13)25(23,24)18-14-4-6-15(7-5-14)19(21)22/h2-9,18H,10-11H2,1H3,(H,17,20). The zero-order valence-corrected chi connectivity index (χ0v) is 14.2. The van der Waals surface area contributed by atoms with Crippen LogP contribution in [0.25, 0.3) is 0 Å². The zero-order chi connectivity index (χ0) is 18.4. The molecule has 2 N–H and O–H groups in total. The largest absolute Gasteiger partial charge is 0.356 e. The first-order valence-corrected chi connectivity index (χ1v) is 8.87. The lowest BCUT2D eigenvalue weighted by Gasteiger charge is -2.09. The van der Waals surface area contributed by atoms with Crippen LogP contribution in [-0.4, -0.2) is 25.8 Å². The van der Waals surface area contributed by atoms with E-state index in [9.17, 15) is 23.3 Å². The Bertz CT molecular complexity index is 862. The molecule has 0 atom stereocenters. The number of non-ortho nitro benzene ring substituents is 1. The Hall–Kier alpha value is -2.94. The molecular weight excluding hydrogens is 346 g/mol. The van der Waals surface area contributed by atoms with Crippen molar-refractivity contribution in [3.63, 3.8) is 0 Å². The number of amides is 1. The molecule has 0 aliphatic carbocycles. The molecule has 2 rings (SSSR count). The minimum atomic E-state index is -3.79. The number of carbonyl (C=O) groups excluding carboxylic acids is 1. The molecule has 0 radical (unpaired) electrons. The van der Waals surface area contributed by atoms with E-state index in [2.05, 4.69) is 10.0 Å². The second-order valence-electron chi connectivity index (χ2n) is 5.29. The summed E-state index contributed by atoms with van der Waals surface area (Å²) in [4.78, 5) is 20.9. The monoisotopic (exact) mass is 363 g/mol. The fraction of sp³-hybridized carbons (Fsp3) is 0.188. The molecule has 0 aromatic heterocycles. The number of carbonyl (C=O) groups is 1. The highest BCUT2D eigenvalue weighted by atomic mass is 32.2. The summed E-state index contributed by atoms with van der Waals surface area (Å²) in [5, 5.41) is 13.3. The molecule has 0 aliphatic heterocycles. The molecule has 0 fully saturated rings. The van der Waals surface area contributed by atoms with Gasteiger partial charge >= 0.3 is 0 Å². The SMILES string of the molecule is CC(=O)NCCc1ccc(S(=O)(=O)Nc2ccc([N+](=O)[O-])cc2)cc1. The van der Waals surface area contributed by atoms with Gasteiger partial charge < -0.3 is 5.32 Å². The van der Waals surface area contributed by atoms with Crippen LogP contribution in [0.3, 0.4) is 0 Å². The van der Waals surface area contributed by atoms with Gasteiger partial charge in [-0.15, -0.1) is 0 Å². The lowest BCUT2D eigenvalue weighted by molar-refractivity contribution is -0.384. The normalized spacial score (nSPS) is 10.9. The van der Waals surface area contributed by atoms with E-state index in [0.717, 1.165) is 5.56 Å². The van der Waals surface area contributed by atoms with E-state index in [1.54, 1.807) is 12.1 Å². The molecule has 132 valence electrons. The van der Waals surface area contributed by atoms with Gasteiger partial charge in [0.2, 0.25) is 5.91 Å². The maximum absolute atomic E-state index is 12.3. The summed E-state index contributed by atoms with van der Waals surface area (Å²) in [5.41, 5.74) is 1.01. The molecule has 0 saturated carbocycles. The molecule has 0 heterocycles. The summed E-state index contributed by atoms with van der Waals surface area (Å²) >= 11 is 0. The Morgan fingerprint density at radius 2 is 1.68 bits per heavy atom. The Kier molecular flexibility index (Phi) is 5.71. The molecule has 25 heavy (non-hydrogen) atoms. The number of nitro groups is 1. The van der Waals surface area contributed by atoms with E-state index in [1.807, 2.05) is 0 Å². The van der Waals surface area contributed by atoms with Crippen LogP contribution < -0.4 is 10.0 Å². The molecule has 0 aliphatic rings. The van der Waals surface area contributed by atoms with Crippen LogP contribution in [0.2, 0.25) is 0 Å². The van der Waals surface area contributed by atoms with Crippen molar-refractivity contribution in [2.24, 2.45) is 0 Å². The van der Waals surface area contributed by atoms with Crippen LogP contribution in [0.4, 0.5) is 11.4 Å². The first kappa shape index (κ1) is 18.4. The number of anilines is 1. The van der Waals surface area contributed by atoms with Crippen molar-refractivity contribution >= 4 is 27.3 Å². The third-order valence-electron chi connectivity index (χ3n) is 3.35. The Morgan fingerprint density at radius 1 is 1.08 bits per heavy atom. The van der Waals surface area contributed by atoms with Gasteiger partial charge in [0, 0.05) is 31.3 Å². The molecule has 0 saturated heterocycles. The lowest BCUT2D eigenvalue weighted by Crippen LogP contribution is -2.22. The fourth-order valence-corrected chi connectivity index (χ4v) is 3.14. The number of nitro benzene ring substituents is 1. The topological polar surface area (TPSA) is 118 Å². The van der Waals surface area contributed by atoms with Crippen molar-refractivity contribution in [1.29, 1.82) is 0 Å². The van der Waals surface area contributed by atoms with Crippen molar-refractivity contribution in [3.8, 4) is 0 Å². The fourth-order valence-electron chi connectivity index (χ4n) is 2.08. The highest BCUT2D eigenvalue weighted by Gasteiger charge is 2.15. The predicted octanol–water partition coefficient (Wildman–Crippen LogP) is 2.07. The quantitative estimate of drug-likeness (QED) is 0.577. The van der Waals surface area contributed by atoms with E-state index in [-0.39, 0.29) is 22.2 Å². The second-order valence-corrected chi connectivity index (χ2v) is 6.97. The van der Waals surface area contributed by atoms with Crippen LogP contribution in [0.5, 0.6) is 0 Å². The average molecular weight is 363 g/mol. The summed E-state index contributed by atoms with van der Waals surface area (Å²) in [5.74, 6) is -0.119. The van der Waals surface area contributed by atoms with Crippen LogP contribution in [0.1, 0.15) is 12.5 Å². The van der Waals surface area contributed by atoms with E-state index in [4.69, 9.17) is 0 Å². The molecule has 0 bridgehead atoms. The van der Waals surface area contributed by atoms with Crippen LogP contribution in [-0.2, 0) is 21.2 Å². The zero-order valence-electron chi connectivity index (χ0n) is 13.4. The summed E-state index contributed by atoms with van der Waals surface area (Å²) in [6.07, 6.45) is 0.593. The molecular formula is C16H17N3O5S. The Labute approximate surface area is 145 Å². The van der Waals surface area contributed by atoms with Gasteiger partial charge in [0.05, 0.1) is 9.82 Å². The average Bonchev–Trinajstić information content (AvgIpc) is 2.55. The van der Waals surface area contributed by atoms with Gasteiger partial charge in [0.1, 0.15) is 0 Å². The molecule has 2 aromatic rings. The van der Waals surface area contributed by atoms with Gasteiger partial charge in [-0.05, 0) is 36.2 Å². The lowest BCUT2D eigenvalue weighted by atomic mass is 10.1. The van der Waals surface area contributed by atoms with Gasteiger partial charge in [-0.2, -0.15) is 0 Å². The Morgan fingerprint density at radius 3 is 2.20 bits per heavy atom. The number of rotatable bonds is 7. The minimum absolute atomic E-state index is 0.0779. The molecule has 0 unspecified atom stereocenters. The number of nitrogens with one attached hydrogen (secondary N) is 2. The maximum atomic E-state index is 12.3. The van der Waals surface area contributed by atoms with Gasteiger partial charge in [0.25, 0.3) is 15.7 Å². The van der Waals surface area contributed by atoms with Crippen molar-refractivity contribution in [2.75, 3.05) is 11.3 Å². The summed E-state index contributed by atoms with van der Waals surface area (Å²) in [7, 11) is -3.79. The number of hydrogen-bond acceptors (Lipinski definition) is 5. The first-order chi connectivity index (χ1) is 11.8. The molecule has 1 amide bonds. The van der Waals surface area contributed by atoms with E-state index < -0.39 is 14.9 Å². The molecule has 9 heteroatoms. The van der Waals surface area contributed by atoms with Crippen LogP contribution >= 0.6 is 0 Å². The van der Waals surface area contributed by atoms with Gasteiger partial charge in [-0.3, -0.25) is 19.6 Å². The van der Waals surface area contributed by atoms with E-state index in [1.165, 1.54) is 43.3 Å². The van der Waals surface area contributed by atoms with Crippen molar-refractivity contribution in [3.05, 3.63) is 64.2 Å². The number of nitrogens with zero attached hydrogens (tertiary/aromatic N) is 1. The summed E-state index contributed by atoms with van der Waals surface area (Å²) in [6.45, 7) is 1.90. The van der Waals surface area contributed by atoms with Gasteiger partial charge in [-0.1, -0.05) is 12.1 Å². The van der Waals surface area contributed by atoms with E-state index in [0.29, 0.717) is 13.0 Å². The van der Waals surface area contributed by atoms with Crippen molar-refractivity contribution in [1.82, 2.24) is 5.32 Å². The maximum Gasteiger partial charge on any atom is 0.269 e. The molecule has 8 nitrogen and oxygen atoms in total. The predicted molar refractivity (Wildman–Crippen MR) is 92.7 cm³/mol. The number of sulfonamides is 1. The summed E-state index contributed by atoms with van der Waals surface area (Å²) < 4.78 is 27.0. The summed E-state index contributed by atoms with van der Waals surface area (Å²) in [6, 6.07) is 11.4. The highest BCUT2D eigenvalue weighted by molar-refractivity contribution is 7.92. The second kappa shape index (κ2) is 7.75. The molecule has 0 spiro atoms. The third-order valence-corrected chi connectivity index (χ3v) is 4.75. The smallest absolute Gasteiger partial charge is 0.269 e. The molecule has 2 aromatic carbocycles. The van der Waals surface area contributed by atoms with Crippen molar-refractivity contribution < 1.29 is 18.1 Å². The van der Waals surface area contributed by atoms with Crippen molar-refractivity contribution in [2.45, 2.75) is 18.2 Å². The van der Waals surface area contributed by atoms with Crippen LogP contribution in [0.15, 0.2) is 53.4 Å².